The number of rotatable bonds is 3. The van der Waals surface area contributed by atoms with Crippen molar-refractivity contribution in [2.75, 3.05) is 5.73 Å². The van der Waals surface area contributed by atoms with Crippen LogP contribution in [-0.4, -0.2) is 30.7 Å². The number of anilines is 1. The molecule has 86 valence electrons. The Bertz CT molecular complexity index is 505. The summed E-state index contributed by atoms with van der Waals surface area (Å²) in [7, 11) is 1.86. The molecule has 2 heterocycles. The molecule has 0 aromatic carbocycles. The van der Waals surface area contributed by atoms with Crippen LogP contribution in [0.15, 0.2) is 6.33 Å². The Hall–Kier alpha value is -1.69. The first-order valence-corrected chi connectivity index (χ1v) is 5.19. The summed E-state index contributed by atoms with van der Waals surface area (Å²) in [6.07, 6.45) is 2.55. The Balaban J connectivity index is 2.36. The number of aliphatic hydroxyl groups is 1. The first-order chi connectivity index (χ1) is 7.58. The van der Waals surface area contributed by atoms with E-state index in [1.54, 1.807) is 17.8 Å². The third-order valence-electron chi connectivity index (χ3n) is 2.42. The number of aliphatic hydroxyl groups excluding tert-OH is 1. The van der Waals surface area contributed by atoms with Gasteiger partial charge in [0.15, 0.2) is 11.5 Å². The highest BCUT2D eigenvalue weighted by Gasteiger charge is 2.09. The number of aryl methyl sites for hydroxylation is 2. The summed E-state index contributed by atoms with van der Waals surface area (Å²) in [4.78, 5) is 12.6. The third-order valence-corrected chi connectivity index (χ3v) is 2.42. The largest absolute Gasteiger partial charge is 0.393 e. The van der Waals surface area contributed by atoms with Crippen LogP contribution < -0.4 is 5.73 Å². The van der Waals surface area contributed by atoms with Gasteiger partial charge in [-0.25, -0.2) is 15.0 Å². The molecule has 6 heteroatoms. The van der Waals surface area contributed by atoms with Crippen molar-refractivity contribution in [3.63, 3.8) is 0 Å². The van der Waals surface area contributed by atoms with E-state index in [1.165, 1.54) is 0 Å². The zero-order chi connectivity index (χ0) is 11.7. The maximum Gasteiger partial charge on any atom is 0.165 e. The van der Waals surface area contributed by atoms with E-state index in [0.717, 1.165) is 5.65 Å². The van der Waals surface area contributed by atoms with Crippen molar-refractivity contribution in [3.05, 3.63) is 12.2 Å². The van der Waals surface area contributed by atoms with Crippen molar-refractivity contribution >= 4 is 17.0 Å². The van der Waals surface area contributed by atoms with Gasteiger partial charge in [-0.3, -0.25) is 0 Å². The maximum atomic E-state index is 9.21. The SMILES string of the molecule is C[C@H](O)CCc1nc(N)c2ncn(C)c2n1. The molecule has 16 heavy (non-hydrogen) atoms. The van der Waals surface area contributed by atoms with E-state index < -0.39 is 0 Å². The van der Waals surface area contributed by atoms with Crippen LogP contribution in [0, 0.1) is 0 Å². The van der Waals surface area contributed by atoms with Gasteiger partial charge in [-0.1, -0.05) is 0 Å². The number of nitrogen functional groups attached to an aromatic ring is 1. The Morgan fingerprint density at radius 2 is 2.25 bits per heavy atom. The minimum Gasteiger partial charge on any atom is -0.393 e. The molecule has 0 amide bonds. The van der Waals surface area contributed by atoms with Crippen LogP contribution in [0.1, 0.15) is 19.2 Å². The molecule has 0 aliphatic heterocycles. The van der Waals surface area contributed by atoms with Gasteiger partial charge in [0.1, 0.15) is 11.3 Å². The maximum absolute atomic E-state index is 9.21. The van der Waals surface area contributed by atoms with E-state index >= 15 is 0 Å². The minimum atomic E-state index is -0.355. The molecule has 1 atom stereocenters. The summed E-state index contributed by atoms with van der Waals surface area (Å²) < 4.78 is 1.80. The van der Waals surface area contributed by atoms with E-state index in [9.17, 15) is 5.11 Å². The first-order valence-electron chi connectivity index (χ1n) is 5.19. The standard InChI is InChI=1S/C10H15N5O/c1-6(16)3-4-7-13-9(11)8-10(14-7)15(2)5-12-8/h5-6,16H,3-4H2,1-2H3,(H2,11,13,14)/t6-/m0/s1. The zero-order valence-corrected chi connectivity index (χ0v) is 9.38. The van der Waals surface area contributed by atoms with Crippen LogP contribution in [0.25, 0.3) is 11.2 Å². The van der Waals surface area contributed by atoms with Crippen LogP contribution in [0.4, 0.5) is 5.82 Å². The van der Waals surface area contributed by atoms with Gasteiger partial charge in [-0.2, -0.15) is 0 Å². The fourth-order valence-corrected chi connectivity index (χ4v) is 1.53. The third kappa shape index (κ3) is 1.96. The summed E-state index contributed by atoms with van der Waals surface area (Å²) in [5, 5.41) is 9.21. The Kier molecular flexibility index (Phi) is 2.74. The van der Waals surface area contributed by atoms with Crippen molar-refractivity contribution in [2.45, 2.75) is 25.9 Å². The molecule has 2 rings (SSSR count). The van der Waals surface area contributed by atoms with E-state index in [4.69, 9.17) is 5.73 Å². The summed E-state index contributed by atoms with van der Waals surface area (Å²) in [6.45, 7) is 1.74. The molecule has 0 saturated carbocycles. The molecule has 0 radical (unpaired) electrons. The van der Waals surface area contributed by atoms with Crippen LogP contribution in [0.3, 0.4) is 0 Å². The lowest BCUT2D eigenvalue weighted by molar-refractivity contribution is 0.184. The number of hydrogen-bond donors (Lipinski definition) is 2. The molecule has 0 aliphatic carbocycles. The average molecular weight is 221 g/mol. The van der Waals surface area contributed by atoms with Crippen LogP contribution in [0.5, 0.6) is 0 Å². The molecule has 3 N–H and O–H groups in total. The summed E-state index contributed by atoms with van der Waals surface area (Å²) in [5.41, 5.74) is 7.15. The fourth-order valence-electron chi connectivity index (χ4n) is 1.53. The van der Waals surface area contributed by atoms with E-state index in [2.05, 4.69) is 15.0 Å². The summed E-state index contributed by atoms with van der Waals surface area (Å²) >= 11 is 0. The van der Waals surface area contributed by atoms with Gasteiger partial charge in [0.25, 0.3) is 0 Å². The van der Waals surface area contributed by atoms with Gasteiger partial charge >= 0.3 is 0 Å². The quantitative estimate of drug-likeness (QED) is 0.775. The van der Waals surface area contributed by atoms with Gasteiger partial charge in [-0.05, 0) is 13.3 Å². The van der Waals surface area contributed by atoms with Gasteiger partial charge in [0.2, 0.25) is 0 Å². The van der Waals surface area contributed by atoms with Gasteiger partial charge in [-0.15, -0.1) is 0 Å². The highest BCUT2D eigenvalue weighted by atomic mass is 16.3. The lowest BCUT2D eigenvalue weighted by Crippen LogP contribution is -2.07. The van der Waals surface area contributed by atoms with Crippen LogP contribution in [0.2, 0.25) is 0 Å². The molecule has 0 bridgehead atoms. The molecule has 0 aliphatic rings. The molecular weight excluding hydrogens is 206 g/mol. The van der Waals surface area contributed by atoms with Crippen LogP contribution in [-0.2, 0) is 13.5 Å². The summed E-state index contributed by atoms with van der Waals surface area (Å²) in [5.74, 6) is 1.04. The lowest BCUT2D eigenvalue weighted by atomic mass is 10.2. The van der Waals surface area contributed by atoms with Crippen LogP contribution >= 0.6 is 0 Å². The predicted octanol–water partition coefficient (Wildman–Crippen LogP) is 0.259. The van der Waals surface area contributed by atoms with E-state index in [1.807, 2.05) is 7.05 Å². The van der Waals surface area contributed by atoms with Crippen molar-refractivity contribution in [2.24, 2.45) is 7.05 Å². The van der Waals surface area contributed by atoms with Gasteiger partial charge in [0.05, 0.1) is 12.4 Å². The molecule has 0 saturated heterocycles. The number of nitrogens with two attached hydrogens (primary N) is 1. The Labute approximate surface area is 93.1 Å². The Morgan fingerprint density at radius 3 is 2.94 bits per heavy atom. The normalized spacial score (nSPS) is 13.2. The predicted molar refractivity (Wildman–Crippen MR) is 60.7 cm³/mol. The minimum absolute atomic E-state index is 0.355. The molecule has 2 aromatic heterocycles. The number of aromatic nitrogens is 4. The molecular formula is C10H15N5O. The fraction of sp³-hybridized carbons (Fsp3) is 0.500. The monoisotopic (exact) mass is 221 g/mol. The van der Waals surface area contributed by atoms with Gasteiger partial charge < -0.3 is 15.4 Å². The molecule has 2 aromatic rings. The van der Waals surface area contributed by atoms with Gasteiger partial charge in [0, 0.05) is 13.5 Å². The molecule has 0 fully saturated rings. The number of imidazole rings is 1. The second kappa shape index (κ2) is 4.05. The number of hydrogen-bond acceptors (Lipinski definition) is 5. The highest BCUT2D eigenvalue weighted by molar-refractivity contribution is 5.81. The second-order valence-corrected chi connectivity index (χ2v) is 3.94. The van der Waals surface area contributed by atoms with Crippen molar-refractivity contribution in [3.8, 4) is 0 Å². The van der Waals surface area contributed by atoms with E-state index in [-0.39, 0.29) is 6.10 Å². The zero-order valence-electron chi connectivity index (χ0n) is 9.38. The molecule has 0 spiro atoms. The molecule has 6 nitrogen and oxygen atoms in total. The second-order valence-electron chi connectivity index (χ2n) is 3.94. The average Bonchev–Trinajstić information content (AvgIpc) is 2.58. The summed E-state index contributed by atoms with van der Waals surface area (Å²) in [6, 6.07) is 0. The number of fused-ring (bicyclic) bond motifs is 1. The Morgan fingerprint density at radius 1 is 1.50 bits per heavy atom. The van der Waals surface area contributed by atoms with Crippen molar-refractivity contribution in [1.82, 2.24) is 19.5 Å². The smallest absolute Gasteiger partial charge is 0.165 e. The first kappa shape index (κ1) is 10.8. The lowest BCUT2D eigenvalue weighted by Gasteiger charge is -2.04. The van der Waals surface area contributed by atoms with Crippen molar-refractivity contribution in [1.29, 1.82) is 0 Å². The topological polar surface area (TPSA) is 89.9 Å². The highest BCUT2D eigenvalue weighted by Crippen LogP contribution is 2.15. The molecule has 0 unspecified atom stereocenters. The van der Waals surface area contributed by atoms with Crippen molar-refractivity contribution < 1.29 is 5.11 Å². The number of nitrogens with zero attached hydrogens (tertiary/aromatic N) is 4. The van der Waals surface area contributed by atoms with E-state index in [0.29, 0.717) is 30.0 Å².